The zero-order valence-corrected chi connectivity index (χ0v) is 16.4. The van der Waals surface area contributed by atoms with Crippen molar-refractivity contribution in [2.75, 3.05) is 0 Å². The number of rotatable bonds is 2. The summed E-state index contributed by atoms with van der Waals surface area (Å²) in [4.78, 5) is 22.0. The summed E-state index contributed by atoms with van der Waals surface area (Å²) >= 11 is 0. The number of carboxylic acids is 2. The first-order valence-electron chi connectivity index (χ1n) is 4.59. The molecule has 2 aromatic rings. The maximum Gasteiger partial charge on any atom is 0.337 e. The maximum absolute atomic E-state index is 11.1. The van der Waals surface area contributed by atoms with Gasteiger partial charge in [0.25, 0.3) is 0 Å². The van der Waals surface area contributed by atoms with Gasteiger partial charge in [0, 0.05) is 103 Å². The van der Waals surface area contributed by atoms with Gasteiger partial charge in [-0.1, -0.05) is 30.3 Å². The Morgan fingerprint density at radius 1 is 0.833 bits per heavy atom. The third-order valence-corrected chi connectivity index (χ3v) is 2.37. The molecule has 0 heterocycles. The first kappa shape index (κ1) is 18.9. The molecule has 0 aromatic heterocycles. The Balaban J connectivity index is 0.00000144. The Hall–Kier alpha value is 0.913. The Kier molecular flexibility index (Phi) is 8.67. The summed E-state index contributed by atoms with van der Waals surface area (Å²) < 4.78 is 0. The molecule has 0 saturated carbocycles. The van der Waals surface area contributed by atoms with Crippen molar-refractivity contribution in [3.8, 4) is 0 Å². The zero-order valence-electron chi connectivity index (χ0n) is 10.2. The molecule has 0 aliphatic carbocycles. The third-order valence-electron chi connectivity index (χ3n) is 2.37. The summed E-state index contributed by atoms with van der Waals surface area (Å²) in [6.07, 6.45) is 0. The van der Waals surface area contributed by atoms with Crippen molar-refractivity contribution in [3.63, 3.8) is 0 Å². The predicted molar refractivity (Wildman–Crippen MR) is 69.4 cm³/mol. The Labute approximate surface area is 189 Å². The van der Waals surface area contributed by atoms with Crippen LogP contribution in [0.5, 0.6) is 0 Å². The van der Waals surface area contributed by atoms with Crippen LogP contribution in [-0.4, -0.2) is 125 Å². The van der Waals surface area contributed by atoms with Crippen molar-refractivity contribution in [3.05, 3.63) is 47.5 Å². The van der Waals surface area contributed by atoms with Gasteiger partial charge in [-0.05, 0) is 16.8 Å². The van der Waals surface area contributed by atoms with E-state index in [1.807, 2.05) is 0 Å². The van der Waals surface area contributed by atoms with Crippen molar-refractivity contribution >= 4 is 125 Å². The summed E-state index contributed by atoms with van der Waals surface area (Å²) in [5.74, 6) is -2.46. The fourth-order valence-corrected chi connectivity index (χ4v) is 1.68. The van der Waals surface area contributed by atoms with Crippen LogP contribution in [0.25, 0.3) is 10.8 Å². The molecule has 2 rings (SSSR count). The largest absolute Gasteiger partial charge is 0.478 e. The normalized spacial score (nSPS) is 9.11. The van der Waals surface area contributed by atoms with Crippen LogP contribution >= 0.6 is 0 Å². The summed E-state index contributed by atoms with van der Waals surface area (Å²) in [6, 6.07) is 9.72. The number of hydrogen-bond acceptors (Lipinski definition) is 2. The minimum Gasteiger partial charge on any atom is -0.478 e. The summed E-state index contributed by atoms with van der Waals surface area (Å²) in [7, 11) is 0. The van der Waals surface area contributed by atoms with Crippen molar-refractivity contribution in [1.29, 1.82) is 0 Å². The van der Waals surface area contributed by atoms with Crippen LogP contribution in [0.3, 0.4) is 0 Å². The van der Waals surface area contributed by atoms with Gasteiger partial charge in [-0.25, -0.2) is 9.59 Å². The molecule has 18 heavy (non-hydrogen) atoms. The van der Waals surface area contributed by atoms with Crippen molar-refractivity contribution in [2.45, 2.75) is 0 Å². The third kappa shape index (κ3) is 3.95. The minimum absolute atomic E-state index is 0. The average Bonchev–Trinajstić information content (AvgIpc) is 2.27. The first-order valence-corrected chi connectivity index (χ1v) is 4.59. The smallest absolute Gasteiger partial charge is 0.337 e. The van der Waals surface area contributed by atoms with E-state index in [-0.39, 0.29) is 114 Å². The number of carbonyl (C=O) groups is 2. The molecule has 0 bridgehead atoms. The van der Waals surface area contributed by atoms with Crippen molar-refractivity contribution < 1.29 is 19.8 Å². The number of carboxylic acid groups (broad SMARTS) is 2. The van der Waals surface area contributed by atoms with E-state index in [9.17, 15) is 9.59 Å². The van der Waals surface area contributed by atoms with E-state index in [4.69, 9.17) is 10.2 Å². The van der Waals surface area contributed by atoms with Crippen LogP contribution in [0.1, 0.15) is 20.7 Å². The molecular weight excluding hydrogens is 286 g/mol. The van der Waals surface area contributed by atoms with Gasteiger partial charge in [0.2, 0.25) is 0 Å². The Bertz CT molecular complexity index is 596. The van der Waals surface area contributed by atoms with Gasteiger partial charge in [-0.3, -0.25) is 0 Å². The summed E-state index contributed by atoms with van der Waals surface area (Å²) in [5, 5.41) is 19.1. The molecule has 2 aromatic carbocycles. The second kappa shape index (κ2) is 8.26. The average molecular weight is 294 g/mol. The van der Waals surface area contributed by atoms with Crippen LogP contribution in [0, 0.1) is 0 Å². The van der Waals surface area contributed by atoms with Crippen LogP contribution in [0.4, 0.5) is 0 Å². The predicted octanol–water partition coefficient (Wildman–Crippen LogP) is 1.47. The van der Waals surface area contributed by atoms with Gasteiger partial charge >= 0.3 is 11.9 Å². The molecule has 82 valence electrons. The van der Waals surface area contributed by atoms with Gasteiger partial charge in [-0.2, -0.15) is 0 Å². The van der Waals surface area contributed by atoms with E-state index in [1.165, 1.54) is 6.07 Å². The van der Waals surface area contributed by atoms with E-state index < -0.39 is 11.9 Å². The molecule has 0 atom stereocenters. The van der Waals surface area contributed by atoms with Gasteiger partial charge in [0.05, 0.1) is 11.1 Å². The monoisotopic (exact) mass is 294 g/mol. The molecule has 2 radical (unpaired) electrons. The Morgan fingerprint density at radius 3 is 2.00 bits per heavy atom. The van der Waals surface area contributed by atoms with E-state index in [1.54, 1.807) is 30.3 Å². The van der Waals surface area contributed by atoms with E-state index >= 15 is 0 Å². The molecule has 0 saturated heterocycles. The molecule has 2 N–H and O–H groups in total. The minimum atomic E-state index is -1.23. The van der Waals surface area contributed by atoms with Crippen LogP contribution in [0.15, 0.2) is 36.4 Å². The summed E-state index contributed by atoms with van der Waals surface area (Å²) in [5.41, 5.74) is -0.350. The van der Waals surface area contributed by atoms with E-state index in [2.05, 4.69) is 0 Å². The molecule has 0 aliphatic heterocycles. The second-order valence-corrected chi connectivity index (χ2v) is 3.32. The van der Waals surface area contributed by atoms with Crippen LogP contribution in [0.2, 0.25) is 0 Å². The maximum atomic E-state index is 11.1. The molecule has 0 fully saturated rings. The fourth-order valence-electron chi connectivity index (χ4n) is 1.68. The molecule has 0 spiro atoms. The van der Waals surface area contributed by atoms with Gasteiger partial charge in [-0.15, -0.1) is 0 Å². The number of benzene rings is 2. The number of fused-ring (bicyclic) bond motifs is 1. The molecule has 0 unspecified atom stereocenters. The van der Waals surface area contributed by atoms with Crippen LogP contribution < -0.4 is 0 Å². The van der Waals surface area contributed by atoms with Crippen LogP contribution in [-0.2, 0) is 0 Å². The van der Waals surface area contributed by atoms with E-state index in [0.29, 0.717) is 10.8 Å². The molecule has 0 amide bonds. The molecule has 6 heteroatoms. The second-order valence-electron chi connectivity index (χ2n) is 3.32. The number of hydrogen-bond donors (Lipinski definition) is 2. The zero-order chi connectivity index (χ0) is 11.7. The Morgan fingerprint density at radius 2 is 1.44 bits per heavy atom. The summed E-state index contributed by atoms with van der Waals surface area (Å²) in [6.45, 7) is 0. The van der Waals surface area contributed by atoms with Gasteiger partial charge in [0.15, 0.2) is 0 Å². The first-order chi connectivity index (χ1) is 7.61. The number of aromatic carboxylic acids is 2. The van der Waals surface area contributed by atoms with E-state index in [0.717, 1.165) is 0 Å². The standard InChI is InChI=1S/C12H8O4.2K/c13-11(14)9-6-5-7-3-1-2-4-8(7)10(9)12(15)16;;/h1-6H,(H,13,14)(H,15,16);;. The topological polar surface area (TPSA) is 74.6 Å². The quantitative estimate of drug-likeness (QED) is 0.823. The molecule has 4 nitrogen and oxygen atoms in total. The fraction of sp³-hybridized carbons (Fsp3) is 0. The van der Waals surface area contributed by atoms with Crippen molar-refractivity contribution in [2.24, 2.45) is 0 Å². The molecule has 0 aliphatic rings. The van der Waals surface area contributed by atoms with Crippen molar-refractivity contribution in [1.82, 2.24) is 0 Å². The SMILES string of the molecule is O=C(O)c1ccc2ccccc2c1C(=O)O.[K].[K]. The van der Waals surface area contributed by atoms with Gasteiger partial charge < -0.3 is 10.2 Å². The molecular formula is C12H8K2O4. The van der Waals surface area contributed by atoms with Gasteiger partial charge in [0.1, 0.15) is 0 Å².